The van der Waals surface area contributed by atoms with Crippen molar-refractivity contribution in [3.05, 3.63) is 0 Å². The molecule has 0 amide bonds. The second-order valence-electron chi connectivity index (χ2n) is 11.3. The summed E-state index contributed by atoms with van der Waals surface area (Å²) in [4.78, 5) is 11.9. The molecule has 8 bridgehead atoms. The molecular weight excluding hydrogens is 312 g/mol. The largest absolute Gasteiger partial charge is 0.514 e. The molecule has 1 aliphatic heterocycles. The summed E-state index contributed by atoms with van der Waals surface area (Å²) in [5.74, 6) is 5.28. The van der Waals surface area contributed by atoms with E-state index in [1.807, 2.05) is 0 Å². The van der Waals surface area contributed by atoms with Crippen molar-refractivity contribution in [1.82, 2.24) is 0 Å². The number of hydrogen-bond donors (Lipinski definition) is 0. The highest BCUT2D eigenvalue weighted by molar-refractivity contribution is 5.67. The van der Waals surface area contributed by atoms with Gasteiger partial charge in [-0.25, -0.2) is 4.79 Å². The van der Waals surface area contributed by atoms with E-state index in [0.717, 1.165) is 35.5 Å². The first-order valence-corrected chi connectivity index (χ1v) is 11.0. The van der Waals surface area contributed by atoms with E-state index < -0.39 is 5.79 Å². The minimum atomic E-state index is -0.530. The maximum atomic E-state index is 11.9. The molecule has 9 aliphatic rings. The first-order valence-electron chi connectivity index (χ1n) is 11.0. The highest BCUT2D eigenvalue weighted by Gasteiger charge is 2.81. The maximum Gasteiger partial charge on any atom is 0.514 e. The van der Waals surface area contributed by atoms with Crippen LogP contribution in [-0.2, 0) is 9.47 Å². The van der Waals surface area contributed by atoms with Gasteiger partial charge in [-0.3, -0.25) is 0 Å². The quantitative estimate of drug-likeness (QED) is 0.619. The van der Waals surface area contributed by atoms with E-state index in [2.05, 4.69) is 6.92 Å². The van der Waals surface area contributed by atoms with Crippen LogP contribution in [-0.4, -0.2) is 11.9 Å². The Balaban J connectivity index is 1.43. The molecule has 1 spiro atoms. The molecule has 136 valence electrons. The maximum absolute atomic E-state index is 11.9. The van der Waals surface area contributed by atoms with Crippen LogP contribution in [0.2, 0.25) is 0 Å². The summed E-state index contributed by atoms with van der Waals surface area (Å²) < 4.78 is 12.2. The van der Waals surface area contributed by atoms with Crippen molar-refractivity contribution in [3.63, 3.8) is 0 Å². The minimum Gasteiger partial charge on any atom is -0.390 e. The van der Waals surface area contributed by atoms with Crippen LogP contribution >= 0.6 is 0 Å². The fourth-order valence-corrected chi connectivity index (χ4v) is 10.4. The molecule has 3 nitrogen and oxygen atoms in total. The number of hydrogen-bond acceptors (Lipinski definition) is 3. The normalized spacial score (nSPS) is 62.0. The molecule has 25 heavy (non-hydrogen) atoms. The van der Waals surface area contributed by atoms with Crippen molar-refractivity contribution in [2.75, 3.05) is 0 Å². The SMILES string of the molecule is CC1C2CC3CC(C2)CC1(C12CC4CC(CC(C4)C14OC(=O)O4)C2)C3. The average Bonchev–Trinajstić information content (AvgIpc) is 2.53. The van der Waals surface area contributed by atoms with Gasteiger partial charge in [0.2, 0.25) is 0 Å². The van der Waals surface area contributed by atoms with Crippen molar-refractivity contribution in [1.29, 1.82) is 0 Å². The van der Waals surface area contributed by atoms with E-state index in [-0.39, 0.29) is 11.6 Å². The molecular formula is C22H30O3. The number of carbonyl (C=O) groups excluding carboxylic acids is 1. The summed E-state index contributed by atoms with van der Waals surface area (Å²) in [5.41, 5.74) is 0.524. The van der Waals surface area contributed by atoms with Gasteiger partial charge >= 0.3 is 6.16 Å². The third kappa shape index (κ3) is 1.38. The Kier molecular flexibility index (Phi) is 2.33. The fourth-order valence-electron chi connectivity index (χ4n) is 10.4. The zero-order valence-electron chi connectivity index (χ0n) is 15.3. The average molecular weight is 342 g/mol. The topological polar surface area (TPSA) is 35.5 Å². The lowest BCUT2D eigenvalue weighted by atomic mass is 9.31. The Hall–Kier alpha value is -0.730. The lowest BCUT2D eigenvalue weighted by molar-refractivity contribution is -0.433. The third-order valence-electron chi connectivity index (χ3n) is 10.6. The van der Waals surface area contributed by atoms with Gasteiger partial charge in [0.15, 0.2) is 0 Å². The predicted molar refractivity (Wildman–Crippen MR) is 91.4 cm³/mol. The van der Waals surface area contributed by atoms with Crippen molar-refractivity contribution < 1.29 is 14.3 Å². The van der Waals surface area contributed by atoms with E-state index >= 15 is 0 Å². The first kappa shape index (κ1) is 14.3. The second-order valence-corrected chi connectivity index (χ2v) is 11.3. The van der Waals surface area contributed by atoms with E-state index in [0.29, 0.717) is 11.3 Å². The van der Waals surface area contributed by atoms with Crippen LogP contribution in [0, 0.1) is 52.3 Å². The number of rotatable bonds is 1. The molecule has 5 unspecified atom stereocenters. The lowest BCUT2D eigenvalue weighted by Gasteiger charge is -2.76. The van der Waals surface area contributed by atoms with Crippen LogP contribution in [0.4, 0.5) is 4.79 Å². The molecule has 0 aromatic rings. The molecule has 1 heterocycles. The standard InChI is InChI=1S/C22H30O3/c1-12-17-4-13-2-14(5-17)9-20(12,8-13)21-10-15-3-16(11-21)7-18(6-15)22(21)24-19(23)25-22/h12-18H,2-11H2,1H3. The van der Waals surface area contributed by atoms with E-state index in [1.54, 1.807) is 0 Å². The van der Waals surface area contributed by atoms with Crippen LogP contribution in [0.25, 0.3) is 0 Å². The van der Waals surface area contributed by atoms with E-state index in [1.165, 1.54) is 64.2 Å². The molecule has 0 aromatic carbocycles. The van der Waals surface area contributed by atoms with Crippen LogP contribution in [0.1, 0.15) is 71.1 Å². The molecule has 0 N–H and O–H groups in total. The Morgan fingerprint density at radius 2 is 1.36 bits per heavy atom. The Labute approximate surface area is 150 Å². The van der Waals surface area contributed by atoms with Crippen molar-refractivity contribution in [2.45, 2.75) is 76.9 Å². The van der Waals surface area contributed by atoms with Gasteiger partial charge in [-0.15, -0.1) is 0 Å². The Morgan fingerprint density at radius 3 is 1.92 bits per heavy atom. The van der Waals surface area contributed by atoms with Crippen LogP contribution in [0.5, 0.6) is 0 Å². The summed E-state index contributed by atoms with van der Waals surface area (Å²) >= 11 is 0. The first-order chi connectivity index (χ1) is 12.0. The highest BCUT2D eigenvalue weighted by atomic mass is 16.9. The molecule has 0 aromatic heterocycles. The van der Waals surface area contributed by atoms with Crippen molar-refractivity contribution >= 4 is 6.16 Å². The van der Waals surface area contributed by atoms with Gasteiger partial charge in [-0.05, 0) is 105 Å². The van der Waals surface area contributed by atoms with E-state index in [4.69, 9.17) is 9.47 Å². The molecule has 3 heteroatoms. The van der Waals surface area contributed by atoms with E-state index in [9.17, 15) is 4.79 Å². The van der Waals surface area contributed by atoms with Gasteiger partial charge in [-0.1, -0.05) is 6.92 Å². The predicted octanol–water partition coefficient (Wildman–Crippen LogP) is 5.14. The molecule has 0 radical (unpaired) electrons. The van der Waals surface area contributed by atoms with Gasteiger partial charge in [0.25, 0.3) is 5.79 Å². The molecule has 1 saturated heterocycles. The smallest absolute Gasteiger partial charge is 0.390 e. The van der Waals surface area contributed by atoms with Crippen LogP contribution in [0.15, 0.2) is 0 Å². The number of carbonyl (C=O) groups is 1. The summed E-state index contributed by atoms with van der Waals surface area (Å²) in [5, 5.41) is 0. The molecule has 9 rings (SSSR count). The number of ether oxygens (including phenoxy) is 2. The minimum absolute atomic E-state index is 0.137. The van der Waals surface area contributed by atoms with Gasteiger partial charge in [0.05, 0.1) is 5.41 Å². The molecule has 5 atom stereocenters. The molecule has 8 aliphatic carbocycles. The highest BCUT2D eigenvalue weighted by Crippen LogP contribution is 2.80. The zero-order chi connectivity index (χ0) is 16.6. The van der Waals surface area contributed by atoms with Gasteiger partial charge in [-0.2, -0.15) is 0 Å². The fraction of sp³-hybridized carbons (Fsp3) is 0.955. The summed E-state index contributed by atoms with van der Waals surface area (Å²) in [6, 6.07) is 0. The van der Waals surface area contributed by atoms with Crippen LogP contribution in [0.3, 0.4) is 0 Å². The van der Waals surface area contributed by atoms with Gasteiger partial charge in [0.1, 0.15) is 0 Å². The van der Waals surface area contributed by atoms with Gasteiger partial charge < -0.3 is 9.47 Å². The molecule has 9 fully saturated rings. The van der Waals surface area contributed by atoms with Crippen LogP contribution < -0.4 is 0 Å². The van der Waals surface area contributed by atoms with Crippen molar-refractivity contribution in [3.8, 4) is 0 Å². The summed E-state index contributed by atoms with van der Waals surface area (Å²) in [6.45, 7) is 2.56. The zero-order valence-corrected chi connectivity index (χ0v) is 15.3. The lowest BCUT2D eigenvalue weighted by Crippen LogP contribution is -2.79. The Morgan fingerprint density at radius 1 is 0.800 bits per heavy atom. The molecule has 8 saturated carbocycles. The monoisotopic (exact) mass is 342 g/mol. The Bertz CT molecular complexity index is 632. The van der Waals surface area contributed by atoms with Crippen molar-refractivity contribution in [2.24, 2.45) is 52.3 Å². The summed E-state index contributed by atoms with van der Waals surface area (Å²) in [7, 11) is 0. The second kappa shape index (κ2) is 4.07. The third-order valence-corrected chi connectivity index (χ3v) is 10.6. The van der Waals surface area contributed by atoms with Gasteiger partial charge in [0, 0.05) is 5.92 Å². The summed E-state index contributed by atoms with van der Waals surface area (Å²) in [6.07, 6.45) is 13.3.